The van der Waals surface area contributed by atoms with Crippen LogP contribution in [0.5, 0.6) is 0 Å². The maximum Gasteiger partial charge on any atom is 0.254 e. The molecule has 2 rings (SSSR count). The molecule has 1 unspecified atom stereocenters. The van der Waals surface area contributed by atoms with Gasteiger partial charge >= 0.3 is 0 Å². The van der Waals surface area contributed by atoms with Gasteiger partial charge in [-0.1, -0.05) is 0 Å². The van der Waals surface area contributed by atoms with Gasteiger partial charge in [-0.05, 0) is 18.6 Å². The third-order valence-electron chi connectivity index (χ3n) is 2.87. The van der Waals surface area contributed by atoms with Crippen molar-refractivity contribution >= 4 is 11.8 Å². The van der Waals surface area contributed by atoms with E-state index in [0.717, 1.165) is 6.07 Å². The third-order valence-corrected chi connectivity index (χ3v) is 2.87. The first-order valence-corrected chi connectivity index (χ1v) is 5.70. The monoisotopic (exact) mass is 272 g/mol. The number of nitrogens with one attached hydrogen (secondary N) is 2. The molecule has 2 N–H and O–H groups in total. The highest BCUT2D eigenvalue weighted by molar-refractivity contribution is 5.94. The number of amides is 2. The summed E-state index contributed by atoms with van der Waals surface area (Å²) in [5.74, 6) is -5.51. The van der Waals surface area contributed by atoms with Gasteiger partial charge < -0.3 is 10.6 Å². The van der Waals surface area contributed by atoms with Gasteiger partial charge in [-0.2, -0.15) is 0 Å². The Balaban J connectivity index is 2.00. The van der Waals surface area contributed by atoms with Crippen molar-refractivity contribution in [3.05, 3.63) is 35.1 Å². The van der Waals surface area contributed by atoms with Crippen LogP contribution in [0.15, 0.2) is 12.1 Å². The first kappa shape index (κ1) is 13.4. The van der Waals surface area contributed by atoms with Crippen LogP contribution in [0.1, 0.15) is 23.2 Å². The molecule has 0 saturated carbocycles. The summed E-state index contributed by atoms with van der Waals surface area (Å²) >= 11 is 0. The molecule has 0 aliphatic carbocycles. The minimum Gasteiger partial charge on any atom is -0.352 e. The topological polar surface area (TPSA) is 58.2 Å². The summed E-state index contributed by atoms with van der Waals surface area (Å²) in [6.45, 7) is 0.114. The summed E-state index contributed by atoms with van der Waals surface area (Å²) in [7, 11) is 0. The van der Waals surface area contributed by atoms with E-state index in [4.69, 9.17) is 0 Å². The second-order valence-electron chi connectivity index (χ2n) is 4.24. The number of carbonyl (C=O) groups excluding carboxylic acids is 2. The molecule has 19 heavy (non-hydrogen) atoms. The maximum atomic E-state index is 13.3. The number of benzene rings is 1. The maximum absolute atomic E-state index is 13.3. The number of rotatable bonds is 3. The smallest absolute Gasteiger partial charge is 0.254 e. The normalized spacial score (nSPS) is 18.3. The van der Waals surface area contributed by atoms with Crippen LogP contribution in [0.3, 0.4) is 0 Å². The SMILES string of the molecule is O=C1CCC(CNC(=O)c2ccc(F)c(F)c2F)N1. The van der Waals surface area contributed by atoms with Crippen molar-refractivity contribution in [3.63, 3.8) is 0 Å². The van der Waals surface area contributed by atoms with Gasteiger partial charge in [-0.15, -0.1) is 0 Å². The highest BCUT2D eigenvalue weighted by atomic mass is 19.2. The molecular weight excluding hydrogens is 261 g/mol. The van der Waals surface area contributed by atoms with E-state index in [1.54, 1.807) is 0 Å². The molecule has 102 valence electrons. The number of hydrogen-bond acceptors (Lipinski definition) is 2. The predicted molar refractivity (Wildman–Crippen MR) is 59.8 cm³/mol. The van der Waals surface area contributed by atoms with E-state index in [1.807, 2.05) is 0 Å². The standard InChI is InChI=1S/C12H11F3N2O2/c13-8-3-2-7(10(14)11(8)15)12(19)16-5-6-1-4-9(18)17-6/h2-3,6H,1,4-5H2,(H,16,19)(H,17,18). The van der Waals surface area contributed by atoms with Crippen LogP contribution in [0.2, 0.25) is 0 Å². The lowest BCUT2D eigenvalue weighted by Crippen LogP contribution is -2.38. The zero-order valence-electron chi connectivity index (χ0n) is 9.80. The molecule has 1 aromatic carbocycles. The molecule has 0 aromatic heterocycles. The molecule has 0 radical (unpaired) electrons. The summed E-state index contributed by atoms with van der Waals surface area (Å²) in [6.07, 6.45) is 0.944. The van der Waals surface area contributed by atoms with Crippen molar-refractivity contribution in [3.8, 4) is 0 Å². The summed E-state index contributed by atoms with van der Waals surface area (Å²) < 4.78 is 39.0. The van der Waals surface area contributed by atoms with Gasteiger partial charge in [0.2, 0.25) is 5.91 Å². The second kappa shape index (κ2) is 5.29. The Labute approximate surface area is 107 Å². The van der Waals surface area contributed by atoms with Crippen LogP contribution in [-0.4, -0.2) is 24.4 Å². The number of carbonyl (C=O) groups is 2. The van der Waals surface area contributed by atoms with Crippen LogP contribution in [0, 0.1) is 17.5 Å². The molecule has 4 nitrogen and oxygen atoms in total. The average Bonchev–Trinajstić information content (AvgIpc) is 2.79. The molecule has 0 bridgehead atoms. The lowest BCUT2D eigenvalue weighted by molar-refractivity contribution is -0.119. The molecule has 1 aliphatic rings. The average molecular weight is 272 g/mol. The molecule has 2 amide bonds. The molecule has 7 heteroatoms. The first-order chi connectivity index (χ1) is 8.99. The lowest BCUT2D eigenvalue weighted by atomic mass is 10.1. The van der Waals surface area contributed by atoms with E-state index in [0.29, 0.717) is 18.9 Å². The van der Waals surface area contributed by atoms with E-state index in [1.165, 1.54) is 0 Å². The first-order valence-electron chi connectivity index (χ1n) is 5.70. The van der Waals surface area contributed by atoms with E-state index >= 15 is 0 Å². The van der Waals surface area contributed by atoms with Crippen molar-refractivity contribution in [1.82, 2.24) is 10.6 Å². The van der Waals surface area contributed by atoms with E-state index in [-0.39, 0.29) is 18.5 Å². The van der Waals surface area contributed by atoms with Crippen LogP contribution < -0.4 is 10.6 Å². The molecule has 0 spiro atoms. The van der Waals surface area contributed by atoms with Crippen LogP contribution >= 0.6 is 0 Å². The minimum absolute atomic E-state index is 0.113. The summed E-state index contributed by atoms with van der Waals surface area (Å²) in [5.41, 5.74) is -0.566. The molecular formula is C12H11F3N2O2. The van der Waals surface area contributed by atoms with Gasteiger partial charge in [0.1, 0.15) is 0 Å². The fourth-order valence-electron chi connectivity index (χ4n) is 1.84. The zero-order chi connectivity index (χ0) is 14.0. The molecule has 1 saturated heterocycles. The molecule has 1 heterocycles. The Kier molecular flexibility index (Phi) is 3.73. The Morgan fingerprint density at radius 3 is 2.68 bits per heavy atom. The molecule has 1 aliphatic heterocycles. The van der Waals surface area contributed by atoms with Crippen LogP contribution in [0.25, 0.3) is 0 Å². The number of halogens is 3. The van der Waals surface area contributed by atoms with Gasteiger partial charge in [0.15, 0.2) is 17.5 Å². The predicted octanol–water partition coefficient (Wildman–Crippen LogP) is 1.11. The van der Waals surface area contributed by atoms with Crippen molar-refractivity contribution in [1.29, 1.82) is 0 Å². The fourth-order valence-corrected chi connectivity index (χ4v) is 1.84. The highest BCUT2D eigenvalue weighted by Gasteiger charge is 2.23. The van der Waals surface area contributed by atoms with Crippen molar-refractivity contribution in [2.45, 2.75) is 18.9 Å². The zero-order valence-corrected chi connectivity index (χ0v) is 9.80. The van der Waals surface area contributed by atoms with Crippen LogP contribution in [0.4, 0.5) is 13.2 Å². The Hall–Kier alpha value is -2.05. The largest absolute Gasteiger partial charge is 0.352 e. The fraction of sp³-hybridized carbons (Fsp3) is 0.333. The summed E-state index contributed by atoms with van der Waals surface area (Å²) in [6, 6.07) is 1.34. The minimum atomic E-state index is -1.68. The van der Waals surface area contributed by atoms with Crippen molar-refractivity contribution < 1.29 is 22.8 Å². The molecule has 1 aromatic rings. The second-order valence-corrected chi connectivity index (χ2v) is 4.24. The summed E-state index contributed by atoms with van der Waals surface area (Å²) in [4.78, 5) is 22.5. The van der Waals surface area contributed by atoms with E-state index in [9.17, 15) is 22.8 Å². The van der Waals surface area contributed by atoms with Gasteiger partial charge in [0.05, 0.1) is 5.56 Å². The Morgan fingerprint density at radius 1 is 1.32 bits per heavy atom. The van der Waals surface area contributed by atoms with Crippen molar-refractivity contribution in [2.75, 3.05) is 6.54 Å². The van der Waals surface area contributed by atoms with Gasteiger partial charge in [-0.25, -0.2) is 13.2 Å². The summed E-state index contributed by atoms with van der Waals surface area (Å²) in [5, 5.41) is 4.98. The highest BCUT2D eigenvalue weighted by Crippen LogP contribution is 2.15. The third kappa shape index (κ3) is 2.86. The molecule has 1 fully saturated rings. The van der Waals surface area contributed by atoms with Gasteiger partial charge in [0.25, 0.3) is 5.91 Å². The van der Waals surface area contributed by atoms with Gasteiger partial charge in [0, 0.05) is 19.0 Å². The Bertz CT molecular complexity index is 534. The Morgan fingerprint density at radius 2 is 2.05 bits per heavy atom. The number of hydrogen-bond donors (Lipinski definition) is 2. The quantitative estimate of drug-likeness (QED) is 0.810. The lowest BCUT2D eigenvalue weighted by Gasteiger charge is -2.11. The van der Waals surface area contributed by atoms with Crippen molar-refractivity contribution in [2.24, 2.45) is 0 Å². The van der Waals surface area contributed by atoms with E-state index < -0.39 is 28.9 Å². The van der Waals surface area contributed by atoms with Gasteiger partial charge in [-0.3, -0.25) is 9.59 Å². The van der Waals surface area contributed by atoms with E-state index in [2.05, 4.69) is 10.6 Å². The molecule has 1 atom stereocenters. The van der Waals surface area contributed by atoms with Crippen LogP contribution in [-0.2, 0) is 4.79 Å².